The third-order valence-corrected chi connectivity index (χ3v) is 1.90. The number of nitrogens with one attached hydrogen (secondary N) is 1. The normalized spacial score (nSPS) is 10.6. The van der Waals surface area contributed by atoms with Crippen LogP contribution in [0.5, 0.6) is 0 Å². The first-order valence-corrected chi connectivity index (χ1v) is 4.50. The Bertz CT molecular complexity index is 434. The van der Waals surface area contributed by atoms with Gasteiger partial charge in [0.05, 0.1) is 0 Å². The van der Waals surface area contributed by atoms with Gasteiger partial charge in [0.25, 0.3) is 0 Å². The molecule has 2 heterocycles. The molecule has 0 aromatic carbocycles. The van der Waals surface area contributed by atoms with Crippen LogP contribution in [0.2, 0.25) is 0 Å². The van der Waals surface area contributed by atoms with Gasteiger partial charge in [0.15, 0.2) is 17.0 Å². The van der Waals surface area contributed by atoms with Gasteiger partial charge < -0.3 is 11.2 Å². The molecule has 0 amide bonds. The molecule has 0 atom stereocenters. The highest BCUT2D eigenvalue weighted by Gasteiger charge is 2.06. The fraction of sp³-hybridized carbons (Fsp3) is 0.375. The molecular weight excluding hydrogens is 180 g/mol. The van der Waals surface area contributed by atoms with Crippen molar-refractivity contribution in [2.45, 2.75) is 13.3 Å². The molecule has 0 saturated carbocycles. The molecule has 0 spiro atoms. The number of nitrogens with two attached hydrogens (primary N) is 1. The first-order valence-electron chi connectivity index (χ1n) is 4.50. The predicted octanol–water partition coefficient (Wildman–Crippen LogP) is 0.362. The Balaban J connectivity index is 2.44. The number of hydrogen-bond donors (Lipinski definition) is 2. The topological polar surface area (TPSA) is 81.7 Å². The highest BCUT2D eigenvalue weighted by atomic mass is 15.3. The highest BCUT2D eigenvalue weighted by Crippen LogP contribution is 2.14. The Morgan fingerprint density at radius 1 is 1.43 bits per heavy atom. The van der Waals surface area contributed by atoms with Gasteiger partial charge in [0, 0.05) is 6.54 Å². The van der Waals surface area contributed by atoms with E-state index in [4.69, 9.17) is 5.84 Å². The number of fused-ring (bicyclic) bond motifs is 1. The summed E-state index contributed by atoms with van der Waals surface area (Å²) in [5.41, 5.74) is 1.35. The van der Waals surface area contributed by atoms with Crippen LogP contribution in [0.25, 0.3) is 11.2 Å². The molecule has 2 aromatic heterocycles. The zero-order valence-corrected chi connectivity index (χ0v) is 7.94. The van der Waals surface area contributed by atoms with Crippen LogP contribution >= 0.6 is 0 Å². The van der Waals surface area contributed by atoms with Gasteiger partial charge in [-0.1, -0.05) is 6.92 Å². The van der Waals surface area contributed by atoms with Gasteiger partial charge in [0.1, 0.15) is 12.7 Å². The van der Waals surface area contributed by atoms with Crippen molar-refractivity contribution in [3.05, 3.63) is 12.7 Å². The van der Waals surface area contributed by atoms with E-state index in [0.717, 1.165) is 18.8 Å². The molecule has 0 unspecified atom stereocenters. The van der Waals surface area contributed by atoms with Crippen molar-refractivity contribution in [1.82, 2.24) is 19.6 Å². The first-order chi connectivity index (χ1) is 6.83. The van der Waals surface area contributed by atoms with Gasteiger partial charge >= 0.3 is 0 Å². The van der Waals surface area contributed by atoms with Crippen LogP contribution in [0.1, 0.15) is 13.3 Å². The Morgan fingerprint density at radius 2 is 2.29 bits per heavy atom. The molecule has 74 valence electrons. The lowest BCUT2D eigenvalue weighted by Gasteiger charge is -2.02. The van der Waals surface area contributed by atoms with E-state index in [2.05, 4.69) is 27.2 Å². The predicted molar refractivity (Wildman–Crippen MR) is 54.3 cm³/mol. The van der Waals surface area contributed by atoms with Crippen LogP contribution < -0.4 is 11.2 Å². The highest BCUT2D eigenvalue weighted by molar-refractivity contribution is 5.82. The standard InChI is InChI=1S/C8H12N6/c1-2-3-10-7-6-8(12-4-11-7)14(9)5-13-6/h4-5H,2-3,9H2,1H3,(H,10,11,12). The van der Waals surface area contributed by atoms with Crippen LogP contribution in [0, 0.1) is 0 Å². The lowest BCUT2D eigenvalue weighted by Crippen LogP contribution is -2.08. The van der Waals surface area contributed by atoms with Gasteiger partial charge in [-0.2, -0.15) is 0 Å². The summed E-state index contributed by atoms with van der Waals surface area (Å²) in [4.78, 5) is 12.3. The summed E-state index contributed by atoms with van der Waals surface area (Å²) in [5, 5.41) is 3.17. The summed E-state index contributed by atoms with van der Waals surface area (Å²) in [6.45, 7) is 2.95. The molecular formula is C8H12N6. The fourth-order valence-electron chi connectivity index (χ4n) is 1.22. The summed E-state index contributed by atoms with van der Waals surface area (Å²) in [6.07, 6.45) is 4.04. The van der Waals surface area contributed by atoms with E-state index in [9.17, 15) is 0 Å². The lowest BCUT2D eigenvalue weighted by molar-refractivity contribution is 0.966. The molecule has 6 nitrogen and oxygen atoms in total. The molecule has 0 bridgehead atoms. The minimum atomic E-state index is 0.638. The van der Waals surface area contributed by atoms with E-state index in [1.165, 1.54) is 17.3 Å². The third-order valence-electron chi connectivity index (χ3n) is 1.90. The van der Waals surface area contributed by atoms with Crippen molar-refractivity contribution in [2.24, 2.45) is 0 Å². The average Bonchev–Trinajstić information content (AvgIpc) is 2.58. The Labute approximate surface area is 81.1 Å². The molecule has 3 N–H and O–H groups in total. The van der Waals surface area contributed by atoms with Gasteiger partial charge in [-0.25, -0.2) is 19.6 Å². The molecule has 2 aromatic rings. The van der Waals surface area contributed by atoms with Crippen molar-refractivity contribution in [2.75, 3.05) is 17.7 Å². The molecule has 0 aliphatic rings. The number of rotatable bonds is 3. The maximum Gasteiger partial charge on any atom is 0.183 e. The molecule has 0 aliphatic heterocycles. The van der Waals surface area contributed by atoms with Gasteiger partial charge in [-0.15, -0.1) is 0 Å². The number of imidazole rings is 1. The van der Waals surface area contributed by atoms with Crippen LogP contribution in [-0.2, 0) is 0 Å². The van der Waals surface area contributed by atoms with Crippen LogP contribution in [0.15, 0.2) is 12.7 Å². The molecule has 2 rings (SSSR count). The van der Waals surface area contributed by atoms with E-state index in [-0.39, 0.29) is 0 Å². The molecule has 0 aliphatic carbocycles. The number of anilines is 1. The number of nitrogens with zero attached hydrogens (tertiary/aromatic N) is 4. The monoisotopic (exact) mass is 192 g/mol. The summed E-state index contributed by atoms with van der Waals surface area (Å²) >= 11 is 0. The van der Waals surface area contributed by atoms with Crippen molar-refractivity contribution >= 4 is 17.0 Å². The summed E-state index contributed by atoms with van der Waals surface area (Å²) in [6, 6.07) is 0. The minimum absolute atomic E-state index is 0.638. The summed E-state index contributed by atoms with van der Waals surface area (Å²) in [5.74, 6) is 6.35. The zero-order chi connectivity index (χ0) is 9.97. The maximum atomic E-state index is 5.61. The molecule has 0 fully saturated rings. The van der Waals surface area contributed by atoms with E-state index in [1.807, 2.05) is 0 Å². The van der Waals surface area contributed by atoms with Crippen molar-refractivity contribution < 1.29 is 0 Å². The average molecular weight is 192 g/mol. The minimum Gasteiger partial charge on any atom is -0.368 e. The van der Waals surface area contributed by atoms with Crippen LogP contribution in [0.4, 0.5) is 5.82 Å². The molecule has 0 radical (unpaired) electrons. The zero-order valence-electron chi connectivity index (χ0n) is 7.94. The largest absolute Gasteiger partial charge is 0.368 e. The van der Waals surface area contributed by atoms with Gasteiger partial charge in [-0.3, -0.25) is 0 Å². The SMILES string of the molecule is CCCNc1ncnc2c1ncn2N. The second-order valence-electron chi connectivity index (χ2n) is 2.97. The third kappa shape index (κ3) is 1.34. The van der Waals surface area contributed by atoms with Gasteiger partial charge in [-0.05, 0) is 6.42 Å². The van der Waals surface area contributed by atoms with Crippen molar-refractivity contribution in [3.8, 4) is 0 Å². The summed E-state index contributed by atoms with van der Waals surface area (Å²) < 4.78 is 1.38. The van der Waals surface area contributed by atoms with E-state index in [1.54, 1.807) is 0 Å². The Hall–Kier alpha value is -1.85. The van der Waals surface area contributed by atoms with E-state index in [0.29, 0.717) is 11.2 Å². The Morgan fingerprint density at radius 3 is 3.07 bits per heavy atom. The van der Waals surface area contributed by atoms with E-state index < -0.39 is 0 Å². The van der Waals surface area contributed by atoms with E-state index >= 15 is 0 Å². The van der Waals surface area contributed by atoms with Crippen molar-refractivity contribution in [3.63, 3.8) is 0 Å². The maximum absolute atomic E-state index is 5.61. The molecule has 14 heavy (non-hydrogen) atoms. The first kappa shape index (κ1) is 8.74. The quantitative estimate of drug-likeness (QED) is 0.686. The molecule has 6 heteroatoms. The summed E-state index contributed by atoms with van der Waals surface area (Å²) in [7, 11) is 0. The number of aromatic nitrogens is 4. The molecule has 0 saturated heterocycles. The smallest absolute Gasteiger partial charge is 0.183 e. The fourth-order valence-corrected chi connectivity index (χ4v) is 1.22. The second kappa shape index (κ2) is 3.49. The number of hydrogen-bond acceptors (Lipinski definition) is 5. The van der Waals surface area contributed by atoms with Crippen LogP contribution in [-0.4, -0.2) is 26.2 Å². The Kier molecular flexibility index (Phi) is 2.18. The van der Waals surface area contributed by atoms with Crippen LogP contribution in [0.3, 0.4) is 0 Å². The lowest BCUT2D eigenvalue weighted by atomic mass is 10.4. The van der Waals surface area contributed by atoms with Crippen molar-refractivity contribution in [1.29, 1.82) is 0 Å². The second-order valence-corrected chi connectivity index (χ2v) is 2.97. The number of nitrogen functional groups attached to an aromatic ring is 1. The van der Waals surface area contributed by atoms with Gasteiger partial charge in [0.2, 0.25) is 0 Å².